The van der Waals surface area contributed by atoms with Crippen LogP contribution in [0.5, 0.6) is 5.75 Å². The highest BCUT2D eigenvalue weighted by Gasteiger charge is 2.09. The van der Waals surface area contributed by atoms with Gasteiger partial charge in [-0.1, -0.05) is 39.3 Å². The fourth-order valence-corrected chi connectivity index (χ4v) is 1.73. The minimum Gasteiger partial charge on any atom is -0.483 e. The third-order valence-electron chi connectivity index (χ3n) is 2.85. The first-order valence-electron chi connectivity index (χ1n) is 7.08. The lowest BCUT2D eigenvalue weighted by molar-refractivity contribution is -0.123. The SMILES string of the molecule is CCCC=NNC(=O)COc1cc(C)ccc1C(C)C. The van der Waals surface area contributed by atoms with Crippen LogP contribution in [0.2, 0.25) is 0 Å². The Bertz CT molecular complexity index is 468. The van der Waals surface area contributed by atoms with Crippen molar-refractivity contribution in [2.45, 2.75) is 46.5 Å². The molecule has 0 atom stereocenters. The average molecular weight is 276 g/mol. The largest absolute Gasteiger partial charge is 0.483 e. The van der Waals surface area contributed by atoms with Crippen molar-refractivity contribution in [3.63, 3.8) is 0 Å². The fourth-order valence-electron chi connectivity index (χ4n) is 1.73. The van der Waals surface area contributed by atoms with Crippen LogP contribution in [0.25, 0.3) is 0 Å². The number of rotatable bonds is 7. The van der Waals surface area contributed by atoms with Gasteiger partial charge in [-0.3, -0.25) is 4.79 Å². The minimum atomic E-state index is -0.242. The third-order valence-corrected chi connectivity index (χ3v) is 2.85. The molecule has 0 saturated heterocycles. The maximum Gasteiger partial charge on any atom is 0.277 e. The van der Waals surface area contributed by atoms with E-state index in [-0.39, 0.29) is 12.5 Å². The van der Waals surface area contributed by atoms with Crippen LogP contribution in [-0.4, -0.2) is 18.7 Å². The molecule has 1 amide bonds. The second-order valence-corrected chi connectivity index (χ2v) is 5.12. The Morgan fingerprint density at radius 1 is 1.45 bits per heavy atom. The predicted molar refractivity (Wildman–Crippen MR) is 82.3 cm³/mol. The van der Waals surface area contributed by atoms with Gasteiger partial charge in [0.05, 0.1) is 0 Å². The maximum absolute atomic E-state index is 11.6. The van der Waals surface area contributed by atoms with E-state index >= 15 is 0 Å². The Hall–Kier alpha value is -1.84. The van der Waals surface area contributed by atoms with E-state index in [0.717, 1.165) is 29.7 Å². The molecule has 0 radical (unpaired) electrons. The summed E-state index contributed by atoms with van der Waals surface area (Å²) in [6.45, 7) is 8.25. The van der Waals surface area contributed by atoms with Crippen LogP contribution in [-0.2, 0) is 4.79 Å². The molecular formula is C16H24N2O2. The second-order valence-electron chi connectivity index (χ2n) is 5.12. The van der Waals surface area contributed by atoms with Crippen LogP contribution in [0.3, 0.4) is 0 Å². The Balaban J connectivity index is 2.56. The predicted octanol–water partition coefficient (Wildman–Crippen LogP) is 3.40. The molecule has 0 saturated carbocycles. The molecule has 4 nitrogen and oxygen atoms in total. The molecule has 0 aliphatic rings. The highest BCUT2D eigenvalue weighted by molar-refractivity contribution is 5.78. The Morgan fingerprint density at radius 3 is 2.85 bits per heavy atom. The lowest BCUT2D eigenvalue weighted by atomic mass is 10.0. The number of hydrogen-bond acceptors (Lipinski definition) is 3. The van der Waals surface area contributed by atoms with E-state index in [9.17, 15) is 4.79 Å². The summed E-state index contributed by atoms with van der Waals surface area (Å²) in [7, 11) is 0. The molecule has 4 heteroatoms. The van der Waals surface area contributed by atoms with Gasteiger partial charge in [0, 0.05) is 6.21 Å². The molecule has 0 aliphatic heterocycles. The van der Waals surface area contributed by atoms with Crippen LogP contribution < -0.4 is 10.2 Å². The Kier molecular flexibility index (Phi) is 6.77. The van der Waals surface area contributed by atoms with Crippen LogP contribution in [0.1, 0.15) is 50.7 Å². The lowest BCUT2D eigenvalue weighted by Gasteiger charge is -2.14. The van der Waals surface area contributed by atoms with Crippen LogP contribution >= 0.6 is 0 Å². The number of hydrazone groups is 1. The third kappa shape index (κ3) is 5.43. The van der Waals surface area contributed by atoms with Gasteiger partial charge in [-0.15, -0.1) is 0 Å². The van der Waals surface area contributed by atoms with E-state index < -0.39 is 0 Å². The standard InChI is InChI=1S/C16H24N2O2/c1-5-6-9-17-18-16(19)11-20-15-10-13(4)7-8-14(15)12(2)3/h7-10,12H,5-6,11H2,1-4H3,(H,18,19). The number of carbonyl (C=O) groups is 1. The first-order valence-corrected chi connectivity index (χ1v) is 7.08. The van der Waals surface area contributed by atoms with Gasteiger partial charge in [-0.05, 0) is 36.5 Å². The van der Waals surface area contributed by atoms with Gasteiger partial charge >= 0.3 is 0 Å². The molecular weight excluding hydrogens is 252 g/mol. The van der Waals surface area contributed by atoms with Gasteiger partial charge in [0.25, 0.3) is 5.91 Å². The van der Waals surface area contributed by atoms with Crippen molar-refractivity contribution in [3.05, 3.63) is 29.3 Å². The summed E-state index contributed by atoms with van der Waals surface area (Å²) >= 11 is 0. The topological polar surface area (TPSA) is 50.7 Å². The van der Waals surface area contributed by atoms with Crippen LogP contribution in [0, 0.1) is 6.92 Å². The first-order chi connectivity index (χ1) is 9.54. The number of hydrogen-bond donors (Lipinski definition) is 1. The number of nitrogens with zero attached hydrogens (tertiary/aromatic N) is 1. The molecule has 0 heterocycles. The number of aryl methyl sites for hydroxylation is 1. The molecule has 0 aromatic heterocycles. The molecule has 1 aromatic rings. The molecule has 0 aliphatic carbocycles. The monoisotopic (exact) mass is 276 g/mol. The highest BCUT2D eigenvalue weighted by atomic mass is 16.5. The molecule has 0 unspecified atom stereocenters. The molecule has 1 rings (SSSR count). The van der Waals surface area contributed by atoms with E-state index in [2.05, 4.69) is 37.4 Å². The summed E-state index contributed by atoms with van der Waals surface area (Å²) in [4.78, 5) is 11.6. The number of benzene rings is 1. The van der Waals surface area contributed by atoms with Crippen molar-refractivity contribution in [3.8, 4) is 5.75 Å². The molecule has 0 spiro atoms. The number of ether oxygens (including phenoxy) is 1. The number of nitrogens with one attached hydrogen (secondary N) is 1. The minimum absolute atomic E-state index is 0.0212. The normalized spacial score (nSPS) is 11.1. The van der Waals surface area contributed by atoms with E-state index in [1.807, 2.05) is 19.1 Å². The molecule has 110 valence electrons. The van der Waals surface area contributed by atoms with Gasteiger partial charge in [0.1, 0.15) is 5.75 Å². The van der Waals surface area contributed by atoms with Gasteiger partial charge in [-0.25, -0.2) is 5.43 Å². The van der Waals surface area contributed by atoms with Crippen molar-refractivity contribution in [2.75, 3.05) is 6.61 Å². The van der Waals surface area contributed by atoms with Gasteiger partial charge in [0.2, 0.25) is 0 Å². The second kappa shape index (κ2) is 8.35. The number of carbonyl (C=O) groups excluding carboxylic acids is 1. The summed E-state index contributed by atoms with van der Waals surface area (Å²) in [5.74, 6) is 0.887. The van der Waals surface area contributed by atoms with E-state index in [1.165, 1.54) is 0 Å². The average Bonchev–Trinajstić information content (AvgIpc) is 2.41. The first kappa shape index (κ1) is 16.2. The molecule has 0 bridgehead atoms. The summed E-state index contributed by atoms with van der Waals surface area (Å²) in [5.41, 5.74) is 4.68. The quantitative estimate of drug-likeness (QED) is 0.613. The van der Waals surface area contributed by atoms with Gasteiger partial charge < -0.3 is 4.74 Å². The molecule has 0 fully saturated rings. The summed E-state index contributed by atoms with van der Waals surface area (Å²) in [6, 6.07) is 6.06. The molecule has 1 N–H and O–H groups in total. The Morgan fingerprint density at radius 2 is 2.20 bits per heavy atom. The van der Waals surface area contributed by atoms with Gasteiger partial charge in [-0.2, -0.15) is 5.10 Å². The van der Waals surface area contributed by atoms with E-state index in [4.69, 9.17) is 4.74 Å². The van der Waals surface area contributed by atoms with E-state index in [1.54, 1.807) is 6.21 Å². The zero-order chi connectivity index (χ0) is 15.0. The van der Waals surface area contributed by atoms with Crippen molar-refractivity contribution < 1.29 is 9.53 Å². The van der Waals surface area contributed by atoms with Crippen LogP contribution in [0.4, 0.5) is 0 Å². The van der Waals surface area contributed by atoms with Crippen LogP contribution in [0.15, 0.2) is 23.3 Å². The number of amides is 1. The molecule has 20 heavy (non-hydrogen) atoms. The van der Waals surface area contributed by atoms with Crippen molar-refractivity contribution >= 4 is 12.1 Å². The fraction of sp³-hybridized carbons (Fsp3) is 0.500. The van der Waals surface area contributed by atoms with Crippen molar-refractivity contribution in [1.82, 2.24) is 5.43 Å². The highest BCUT2D eigenvalue weighted by Crippen LogP contribution is 2.27. The van der Waals surface area contributed by atoms with Gasteiger partial charge in [0.15, 0.2) is 6.61 Å². The summed E-state index contributed by atoms with van der Waals surface area (Å²) < 4.78 is 5.61. The zero-order valence-electron chi connectivity index (χ0n) is 12.8. The number of unbranched alkanes of at least 4 members (excludes halogenated alkanes) is 1. The Labute approximate surface area is 121 Å². The van der Waals surface area contributed by atoms with Crippen molar-refractivity contribution in [2.24, 2.45) is 5.10 Å². The molecule has 1 aromatic carbocycles. The summed E-state index contributed by atoms with van der Waals surface area (Å²) in [5, 5.41) is 3.84. The lowest BCUT2D eigenvalue weighted by Crippen LogP contribution is -2.24. The zero-order valence-corrected chi connectivity index (χ0v) is 12.8. The van der Waals surface area contributed by atoms with Crippen molar-refractivity contribution in [1.29, 1.82) is 0 Å². The smallest absolute Gasteiger partial charge is 0.277 e. The summed E-state index contributed by atoms with van der Waals surface area (Å²) in [6.07, 6.45) is 3.57. The maximum atomic E-state index is 11.6. The van der Waals surface area contributed by atoms with E-state index in [0.29, 0.717) is 5.92 Å².